The van der Waals surface area contributed by atoms with Gasteiger partial charge < -0.3 is 24.8 Å². The molecule has 0 bridgehead atoms. The molecule has 0 spiro atoms. The number of likely N-dealkylation sites (tertiary alicyclic amines) is 1. The molecule has 40 heavy (non-hydrogen) atoms. The third-order valence-electron chi connectivity index (χ3n) is 7.58. The van der Waals surface area contributed by atoms with Crippen LogP contribution in [0.2, 0.25) is 5.02 Å². The van der Waals surface area contributed by atoms with Crippen molar-refractivity contribution in [1.29, 1.82) is 0 Å². The molecule has 5 rings (SSSR count). The van der Waals surface area contributed by atoms with E-state index in [1.807, 2.05) is 41.9 Å². The molecule has 1 aliphatic heterocycles. The van der Waals surface area contributed by atoms with Gasteiger partial charge >= 0.3 is 0 Å². The van der Waals surface area contributed by atoms with Gasteiger partial charge in [0.05, 0.1) is 11.0 Å². The number of nitrogens with zero attached hydrogens (tertiary/aromatic N) is 4. The van der Waals surface area contributed by atoms with Crippen molar-refractivity contribution >= 4 is 46.0 Å². The first-order valence-electron chi connectivity index (χ1n) is 13.9. The number of hydrogen-bond donors (Lipinski definition) is 2. The number of ether oxygens (including phenoxy) is 1. The quantitative estimate of drug-likeness (QED) is 0.234. The number of nitrogens with one attached hydrogen (secondary N) is 2. The lowest BCUT2D eigenvalue weighted by atomic mass is 9.95. The van der Waals surface area contributed by atoms with Crippen molar-refractivity contribution in [3.05, 3.63) is 65.3 Å². The van der Waals surface area contributed by atoms with Gasteiger partial charge in [0.2, 0.25) is 11.9 Å². The number of carbonyl (C=O) groups is 1. The Kier molecular flexibility index (Phi) is 8.28. The number of halogens is 1. The molecule has 2 aromatic heterocycles. The van der Waals surface area contributed by atoms with Gasteiger partial charge in [-0.15, -0.1) is 0 Å². The second-order valence-electron chi connectivity index (χ2n) is 11.0. The molecule has 1 fully saturated rings. The standard InChI is InChI=1S/C31H37ClN6O2/c1-19(2)25-16-22(6-8-26(25)32)34-31-35-27-9-7-23(17-28(27)37(31)5)40-24-10-13-33-29(18-24)36-30(39)21-11-14-38(15-12-21)20(3)4/h6-10,13,16-21H,11-12,14-15H2,1-5H3,(H,34,35)(H,33,36,39). The first kappa shape index (κ1) is 27.9. The van der Waals surface area contributed by atoms with E-state index in [4.69, 9.17) is 21.3 Å². The van der Waals surface area contributed by atoms with Crippen LogP contribution in [0, 0.1) is 5.92 Å². The molecule has 4 aromatic rings. The zero-order valence-corrected chi connectivity index (χ0v) is 24.5. The minimum atomic E-state index is 0.00117. The second kappa shape index (κ2) is 11.9. The van der Waals surface area contributed by atoms with Gasteiger partial charge in [0.25, 0.3) is 0 Å². The van der Waals surface area contributed by atoms with Crippen molar-refractivity contribution in [2.75, 3.05) is 23.7 Å². The molecule has 1 amide bonds. The number of pyridine rings is 1. The largest absolute Gasteiger partial charge is 0.457 e. The molecule has 1 saturated heterocycles. The number of piperidine rings is 1. The highest BCUT2D eigenvalue weighted by Gasteiger charge is 2.26. The summed E-state index contributed by atoms with van der Waals surface area (Å²) in [5.74, 6) is 2.82. The van der Waals surface area contributed by atoms with Crippen LogP contribution in [0.1, 0.15) is 52.0 Å². The Labute approximate surface area is 240 Å². The summed E-state index contributed by atoms with van der Waals surface area (Å²) in [6.07, 6.45) is 3.37. The van der Waals surface area contributed by atoms with E-state index in [-0.39, 0.29) is 11.8 Å². The predicted octanol–water partition coefficient (Wildman–Crippen LogP) is 7.34. The average molecular weight is 561 g/mol. The average Bonchev–Trinajstić information content (AvgIpc) is 3.24. The summed E-state index contributed by atoms with van der Waals surface area (Å²) in [6, 6.07) is 15.8. The Balaban J connectivity index is 1.27. The van der Waals surface area contributed by atoms with Crippen LogP contribution in [0.5, 0.6) is 11.5 Å². The van der Waals surface area contributed by atoms with E-state index in [1.165, 1.54) is 0 Å². The van der Waals surface area contributed by atoms with Crippen LogP contribution in [0.25, 0.3) is 11.0 Å². The number of rotatable bonds is 8. The molecular formula is C31H37ClN6O2. The monoisotopic (exact) mass is 560 g/mol. The lowest BCUT2D eigenvalue weighted by Crippen LogP contribution is -2.41. The maximum Gasteiger partial charge on any atom is 0.228 e. The third kappa shape index (κ3) is 6.24. The number of fused-ring (bicyclic) bond motifs is 1. The van der Waals surface area contributed by atoms with Gasteiger partial charge in [-0.3, -0.25) is 4.79 Å². The number of carbonyl (C=O) groups excluding carboxylic acids is 1. The Morgan fingerprint density at radius 1 is 1.02 bits per heavy atom. The van der Waals surface area contributed by atoms with Crippen molar-refractivity contribution in [2.45, 2.75) is 52.5 Å². The molecule has 9 heteroatoms. The zero-order valence-electron chi connectivity index (χ0n) is 23.7. The summed E-state index contributed by atoms with van der Waals surface area (Å²) >= 11 is 6.37. The molecule has 1 aliphatic rings. The fourth-order valence-corrected chi connectivity index (χ4v) is 5.46. The van der Waals surface area contributed by atoms with E-state index in [0.717, 1.165) is 59.2 Å². The van der Waals surface area contributed by atoms with Gasteiger partial charge in [-0.05, 0) is 87.7 Å². The molecular weight excluding hydrogens is 524 g/mol. The minimum Gasteiger partial charge on any atom is -0.457 e. The highest BCUT2D eigenvalue weighted by atomic mass is 35.5. The van der Waals surface area contributed by atoms with Crippen molar-refractivity contribution < 1.29 is 9.53 Å². The predicted molar refractivity (Wildman–Crippen MR) is 162 cm³/mol. The van der Waals surface area contributed by atoms with Gasteiger partial charge in [0.1, 0.15) is 17.3 Å². The number of imidazole rings is 1. The van der Waals surface area contributed by atoms with Crippen LogP contribution in [-0.2, 0) is 11.8 Å². The number of hydrogen-bond acceptors (Lipinski definition) is 6. The molecule has 0 aliphatic carbocycles. The molecule has 0 saturated carbocycles. The van der Waals surface area contributed by atoms with E-state index < -0.39 is 0 Å². The fraction of sp³-hybridized carbons (Fsp3) is 0.387. The van der Waals surface area contributed by atoms with Crippen LogP contribution in [0.4, 0.5) is 17.5 Å². The Morgan fingerprint density at radius 2 is 1.77 bits per heavy atom. The number of aryl methyl sites for hydroxylation is 1. The van der Waals surface area contributed by atoms with E-state index in [9.17, 15) is 4.79 Å². The lowest BCUT2D eigenvalue weighted by Gasteiger charge is -2.33. The fourth-order valence-electron chi connectivity index (χ4n) is 5.12. The van der Waals surface area contributed by atoms with Gasteiger partial charge in [0.15, 0.2) is 0 Å². The lowest BCUT2D eigenvalue weighted by molar-refractivity contribution is -0.121. The summed E-state index contributed by atoms with van der Waals surface area (Å²) in [5.41, 5.74) is 3.79. The minimum absolute atomic E-state index is 0.00117. The van der Waals surface area contributed by atoms with E-state index in [0.29, 0.717) is 29.3 Å². The number of benzene rings is 2. The maximum atomic E-state index is 12.9. The van der Waals surface area contributed by atoms with Crippen LogP contribution < -0.4 is 15.4 Å². The first-order chi connectivity index (χ1) is 19.2. The van der Waals surface area contributed by atoms with Crippen LogP contribution in [-0.4, -0.2) is 44.5 Å². The van der Waals surface area contributed by atoms with Gasteiger partial charge in [-0.2, -0.15) is 0 Å². The number of amides is 1. The highest BCUT2D eigenvalue weighted by Crippen LogP contribution is 2.31. The van der Waals surface area contributed by atoms with Crippen molar-refractivity contribution in [3.63, 3.8) is 0 Å². The molecule has 0 unspecified atom stereocenters. The normalized spacial score (nSPS) is 14.7. The summed E-state index contributed by atoms with van der Waals surface area (Å²) in [5, 5.41) is 7.16. The molecule has 2 aromatic carbocycles. The van der Waals surface area contributed by atoms with E-state index >= 15 is 0 Å². The Morgan fingerprint density at radius 3 is 2.50 bits per heavy atom. The van der Waals surface area contributed by atoms with E-state index in [1.54, 1.807) is 18.3 Å². The first-order valence-corrected chi connectivity index (χ1v) is 14.3. The second-order valence-corrected chi connectivity index (χ2v) is 11.4. The Bertz CT molecular complexity index is 1510. The topological polar surface area (TPSA) is 84.3 Å². The number of aromatic nitrogens is 3. The molecule has 0 atom stereocenters. The molecule has 2 N–H and O–H groups in total. The van der Waals surface area contributed by atoms with Crippen molar-refractivity contribution in [2.24, 2.45) is 13.0 Å². The summed E-state index contributed by atoms with van der Waals surface area (Å²) in [7, 11) is 1.96. The SMILES string of the molecule is CC(C)c1cc(Nc2nc3ccc(Oc4ccnc(NC(=O)C5CCN(C(C)C)CC5)c4)cc3n2C)ccc1Cl. The summed E-state index contributed by atoms with van der Waals surface area (Å²) in [6.45, 7) is 10.5. The summed E-state index contributed by atoms with van der Waals surface area (Å²) in [4.78, 5) is 24.4. The molecule has 0 radical (unpaired) electrons. The zero-order chi connectivity index (χ0) is 28.4. The van der Waals surface area contributed by atoms with Crippen molar-refractivity contribution in [1.82, 2.24) is 19.4 Å². The van der Waals surface area contributed by atoms with Crippen molar-refractivity contribution in [3.8, 4) is 11.5 Å². The number of anilines is 3. The maximum absolute atomic E-state index is 12.9. The van der Waals surface area contributed by atoms with Gasteiger partial charge in [0, 0.05) is 48.0 Å². The van der Waals surface area contributed by atoms with Gasteiger partial charge in [-0.1, -0.05) is 25.4 Å². The molecule has 210 valence electrons. The van der Waals surface area contributed by atoms with Crippen LogP contribution >= 0.6 is 11.6 Å². The van der Waals surface area contributed by atoms with Gasteiger partial charge in [-0.25, -0.2) is 9.97 Å². The summed E-state index contributed by atoms with van der Waals surface area (Å²) < 4.78 is 8.15. The van der Waals surface area contributed by atoms with Crippen LogP contribution in [0.15, 0.2) is 54.7 Å². The van der Waals surface area contributed by atoms with Crippen LogP contribution in [0.3, 0.4) is 0 Å². The third-order valence-corrected chi connectivity index (χ3v) is 7.92. The highest BCUT2D eigenvalue weighted by molar-refractivity contribution is 6.31. The molecule has 3 heterocycles. The van der Waals surface area contributed by atoms with E-state index in [2.05, 4.69) is 54.3 Å². The Hall–Kier alpha value is -3.62. The smallest absolute Gasteiger partial charge is 0.228 e. The molecule has 8 nitrogen and oxygen atoms in total.